The maximum absolute atomic E-state index is 6.02. The fraction of sp³-hybridized carbons (Fsp3) is 0.231. The highest BCUT2D eigenvalue weighted by molar-refractivity contribution is 5.73. The predicted octanol–water partition coefficient (Wildman–Crippen LogP) is 1.56. The minimum Gasteiger partial charge on any atom is -0.393 e. The second-order valence-corrected chi connectivity index (χ2v) is 4.33. The average Bonchev–Trinajstić information content (AvgIpc) is 2.40. The number of nitrogens with two attached hydrogens (primary N) is 1. The van der Waals surface area contributed by atoms with Gasteiger partial charge in [0.25, 0.3) is 0 Å². The van der Waals surface area contributed by atoms with Gasteiger partial charge in [0.15, 0.2) is 11.6 Å². The maximum atomic E-state index is 6.02. The predicted molar refractivity (Wildman–Crippen MR) is 77.5 cm³/mol. The first-order valence-electron chi connectivity index (χ1n) is 5.99. The van der Waals surface area contributed by atoms with Crippen LogP contribution in [0.1, 0.15) is 5.56 Å². The van der Waals surface area contributed by atoms with Gasteiger partial charge in [-0.25, -0.2) is 15.0 Å². The van der Waals surface area contributed by atoms with E-state index < -0.39 is 0 Å². The lowest BCUT2D eigenvalue weighted by Gasteiger charge is -2.16. The summed E-state index contributed by atoms with van der Waals surface area (Å²) in [6.07, 6.45) is 1.48. The number of benzene rings is 1. The molecule has 0 saturated heterocycles. The third kappa shape index (κ3) is 3.56. The Hall–Kier alpha value is -2.34. The summed E-state index contributed by atoms with van der Waals surface area (Å²) in [5, 5.41) is 4.99. The third-order valence-corrected chi connectivity index (χ3v) is 2.52. The summed E-state index contributed by atoms with van der Waals surface area (Å²) < 4.78 is 0. The largest absolute Gasteiger partial charge is 0.393 e. The molecule has 0 unspecified atom stereocenters. The summed E-state index contributed by atoms with van der Waals surface area (Å²) in [4.78, 5) is 8.26. The summed E-state index contributed by atoms with van der Waals surface area (Å²) >= 11 is 0. The Bertz CT molecular complexity index is 526. The van der Waals surface area contributed by atoms with E-state index in [1.807, 2.05) is 44.4 Å². The van der Waals surface area contributed by atoms with Crippen molar-refractivity contribution in [1.29, 1.82) is 0 Å². The fourth-order valence-corrected chi connectivity index (χ4v) is 1.62. The van der Waals surface area contributed by atoms with Crippen molar-refractivity contribution in [2.75, 3.05) is 30.6 Å². The van der Waals surface area contributed by atoms with Crippen molar-refractivity contribution in [2.24, 2.45) is 0 Å². The van der Waals surface area contributed by atoms with Gasteiger partial charge < -0.3 is 16.5 Å². The summed E-state index contributed by atoms with van der Waals surface area (Å²) in [6, 6.07) is 10.1. The van der Waals surface area contributed by atoms with Crippen LogP contribution < -0.4 is 16.5 Å². The van der Waals surface area contributed by atoms with Gasteiger partial charge in [-0.15, -0.1) is 0 Å². The highest BCUT2D eigenvalue weighted by Gasteiger charge is 2.07. The lowest BCUT2D eigenvalue weighted by molar-refractivity contribution is 0.492. The molecule has 2 aromatic rings. The van der Waals surface area contributed by atoms with Crippen molar-refractivity contribution in [3.8, 4) is 0 Å². The minimum absolute atomic E-state index is 0.507. The molecule has 6 nitrogen and oxygen atoms in total. The monoisotopic (exact) mass is 258 g/mol. The van der Waals surface area contributed by atoms with E-state index in [1.54, 1.807) is 5.01 Å². The number of hydrogen-bond donors (Lipinski definition) is 3. The van der Waals surface area contributed by atoms with E-state index in [0.29, 0.717) is 23.9 Å². The van der Waals surface area contributed by atoms with Gasteiger partial charge in [-0.3, -0.25) is 0 Å². The standard InChI is InChI=1S/C13H18N6/c1-19(2)18-13-11(14)12(16-9-17-13)15-8-10-6-4-3-5-7-10/h3-7,9H,8,14H2,1-2H3,(H2,15,16,17,18). The van der Waals surface area contributed by atoms with Gasteiger partial charge in [-0.05, 0) is 5.56 Å². The molecular weight excluding hydrogens is 240 g/mol. The van der Waals surface area contributed by atoms with Gasteiger partial charge in [-0.1, -0.05) is 30.3 Å². The molecule has 4 N–H and O–H groups in total. The molecule has 0 fully saturated rings. The zero-order valence-electron chi connectivity index (χ0n) is 11.1. The Morgan fingerprint density at radius 1 is 1.11 bits per heavy atom. The molecule has 19 heavy (non-hydrogen) atoms. The van der Waals surface area contributed by atoms with E-state index in [9.17, 15) is 0 Å². The van der Waals surface area contributed by atoms with Crippen molar-refractivity contribution < 1.29 is 0 Å². The smallest absolute Gasteiger partial charge is 0.169 e. The molecule has 0 amide bonds. The molecule has 0 radical (unpaired) electrons. The zero-order valence-corrected chi connectivity index (χ0v) is 11.1. The lowest BCUT2D eigenvalue weighted by Crippen LogP contribution is -2.22. The van der Waals surface area contributed by atoms with E-state index in [4.69, 9.17) is 5.73 Å². The second kappa shape index (κ2) is 6.01. The number of hydrazine groups is 1. The molecule has 0 saturated carbocycles. The van der Waals surface area contributed by atoms with Gasteiger partial charge in [0.1, 0.15) is 12.0 Å². The molecule has 0 aliphatic heterocycles. The number of nitrogens with one attached hydrogen (secondary N) is 2. The van der Waals surface area contributed by atoms with Crippen LogP contribution in [0.15, 0.2) is 36.7 Å². The van der Waals surface area contributed by atoms with Gasteiger partial charge >= 0.3 is 0 Å². The van der Waals surface area contributed by atoms with Crippen LogP contribution in [0.2, 0.25) is 0 Å². The number of hydrogen-bond acceptors (Lipinski definition) is 6. The molecule has 1 aromatic carbocycles. The number of rotatable bonds is 5. The van der Waals surface area contributed by atoms with Crippen LogP contribution in [0, 0.1) is 0 Å². The van der Waals surface area contributed by atoms with Crippen LogP contribution in [-0.4, -0.2) is 29.1 Å². The number of aromatic nitrogens is 2. The van der Waals surface area contributed by atoms with Crippen molar-refractivity contribution in [3.63, 3.8) is 0 Å². The maximum Gasteiger partial charge on any atom is 0.169 e. The number of nitrogen functional groups attached to an aromatic ring is 1. The van der Waals surface area contributed by atoms with Crippen LogP contribution in [0.4, 0.5) is 17.3 Å². The third-order valence-electron chi connectivity index (χ3n) is 2.52. The highest BCUT2D eigenvalue weighted by atomic mass is 15.5. The Kier molecular flexibility index (Phi) is 4.15. The van der Waals surface area contributed by atoms with Gasteiger partial charge in [0.05, 0.1) is 0 Å². The molecule has 6 heteroatoms. The van der Waals surface area contributed by atoms with Gasteiger partial charge in [-0.2, -0.15) is 0 Å². The minimum atomic E-state index is 0.507. The number of anilines is 3. The van der Waals surface area contributed by atoms with Crippen LogP contribution in [0.3, 0.4) is 0 Å². The van der Waals surface area contributed by atoms with E-state index >= 15 is 0 Å². The first-order valence-corrected chi connectivity index (χ1v) is 5.99. The van der Waals surface area contributed by atoms with Crippen molar-refractivity contribution in [2.45, 2.75) is 6.54 Å². The molecular formula is C13H18N6. The van der Waals surface area contributed by atoms with Gasteiger partial charge in [0, 0.05) is 20.6 Å². The average molecular weight is 258 g/mol. The fourth-order valence-electron chi connectivity index (χ4n) is 1.62. The van der Waals surface area contributed by atoms with Crippen molar-refractivity contribution in [1.82, 2.24) is 15.0 Å². The summed E-state index contributed by atoms with van der Waals surface area (Å²) in [5.74, 6) is 1.22. The SMILES string of the molecule is CN(C)Nc1ncnc(NCc2ccccc2)c1N. The van der Waals surface area contributed by atoms with Crippen molar-refractivity contribution in [3.05, 3.63) is 42.2 Å². The normalized spacial score (nSPS) is 10.5. The van der Waals surface area contributed by atoms with Crippen molar-refractivity contribution >= 4 is 17.3 Å². The molecule has 0 atom stereocenters. The quantitative estimate of drug-likeness (QED) is 0.706. The summed E-state index contributed by atoms with van der Waals surface area (Å²) in [7, 11) is 3.75. The topological polar surface area (TPSA) is 79.1 Å². The Labute approximate surface area is 112 Å². The summed E-state index contributed by atoms with van der Waals surface area (Å²) in [5.41, 5.74) is 10.7. The molecule has 1 aromatic heterocycles. The van der Waals surface area contributed by atoms with Gasteiger partial charge in [0.2, 0.25) is 0 Å². The van der Waals surface area contributed by atoms with E-state index in [-0.39, 0.29) is 0 Å². The molecule has 0 spiro atoms. The Balaban J connectivity index is 2.08. The summed E-state index contributed by atoms with van der Waals surface area (Å²) in [6.45, 7) is 0.670. The second-order valence-electron chi connectivity index (χ2n) is 4.33. The number of nitrogens with zero attached hydrogens (tertiary/aromatic N) is 3. The van der Waals surface area contributed by atoms with E-state index in [0.717, 1.165) is 0 Å². The molecule has 100 valence electrons. The van der Waals surface area contributed by atoms with Crippen LogP contribution in [-0.2, 0) is 6.54 Å². The van der Waals surface area contributed by atoms with E-state index in [1.165, 1.54) is 11.9 Å². The van der Waals surface area contributed by atoms with E-state index in [2.05, 4.69) is 20.7 Å². The van der Waals surface area contributed by atoms with Crippen LogP contribution >= 0.6 is 0 Å². The molecule has 2 rings (SSSR count). The lowest BCUT2D eigenvalue weighted by atomic mass is 10.2. The van der Waals surface area contributed by atoms with Crippen LogP contribution in [0.25, 0.3) is 0 Å². The van der Waals surface area contributed by atoms with Crippen LogP contribution in [0.5, 0.6) is 0 Å². The first kappa shape index (κ1) is 13.1. The molecule has 0 bridgehead atoms. The highest BCUT2D eigenvalue weighted by Crippen LogP contribution is 2.22. The molecule has 0 aliphatic carbocycles. The first-order chi connectivity index (χ1) is 9.16. The molecule has 0 aliphatic rings. The molecule has 1 heterocycles. The Morgan fingerprint density at radius 2 is 1.79 bits per heavy atom. The zero-order chi connectivity index (χ0) is 13.7. The Morgan fingerprint density at radius 3 is 2.47 bits per heavy atom.